The molecular formula is C87H86N8O11S9. The predicted molar refractivity (Wildman–Crippen MR) is 481 cm³/mol. The molecule has 115 heavy (non-hydrogen) atoms. The van der Waals surface area contributed by atoms with Crippen LogP contribution < -0.4 is 4.74 Å². The van der Waals surface area contributed by atoms with Gasteiger partial charge < -0.3 is 28.8 Å². The molecule has 0 aliphatic carbocycles. The Morgan fingerprint density at radius 3 is 1.55 bits per heavy atom. The van der Waals surface area contributed by atoms with Gasteiger partial charge in [0.15, 0.2) is 31.8 Å². The van der Waals surface area contributed by atoms with Gasteiger partial charge in [0.2, 0.25) is 0 Å². The van der Waals surface area contributed by atoms with Crippen LogP contribution in [-0.2, 0) is 43.5 Å². The van der Waals surface area contributed by atoms with E-state index in [4.69, 9.17) is 36.8 Å². The number of carbonyl (C=O) groups excluding carboxylic acids is 5. The highest BCUT2D eigenvalue weighted by molar-refractivity contribution is 8.40. The van der Waals surface area contributed by atoms with E-state index in [2.05, 4.69) is 90.0 Å². The Balaban J connectivity index is 0.000000240. The summed E-state index contributed by atoms with van der Waals surface area (Å²) < 4.78 is 27.3. The average Bonchev–Trinajstić information content (AvgIpc) is 1.79. The van der Waals surface area contributed by atoms with Crippen molar-refractivity contribution in [1.29, 1.82) is 0 Å². The summed E-state index contributed by atoms with van der Waals surface area (Å²) >= 11 is 13.7. The Kier molecular flexibility index (Phi) is 46.9. The van der Waals surface area contributed by atoms with Gasteiger partial charge in [-0.25, -0.2) is 53.8 Å². The summed E-state index contributed by atoms with van der Waals surface area (Å²) in [6.45, 7) is 31.5. The number of aliphatic imine (C=N–C) groups is 1. The van der Waals surface area contributed by atoms with Crippen molar-refractivity contribution in [2.45, 2.75) is 85.2 Å². The number of aromatic nitrogens is 5. The first-order valence-electron chi connectivity index (χ1n) is 35.2. The Morgan fingerprint density at radius 2 is 1.04 bits per heavy atom. The van der Waals surface area contributed by atoms with Crippen molar-refractivity contribution in [1.82, 2.24) is 24.9 Å². The third-order valence-electron chi connectivity index (χ3n) is 13.6. The fraction of sp³-hybridized carbons (Fsp3) is 0.184. The van der Waals surface area contributed by atoms with Crippen LogP contribution in [0.2, 0.25) is 0 Å². The molecule has 19 nitrogen and oxygen atoms in total. The van der Waals surface area contributed by atoms with E-state index in [-0.39, 0.29) is 40.8 Å². The Morgan fingerprint density at radius 1 is 0.530 bits per heavy atom. The summed E-state index contributed by atoms with van der Waals surface area (Å²) in [6.07, 6.45) is 20.2. The molecule has 594 valence electrons. The molecule has 0 saturated heterocycles. The summed E-state index contributed by atoms with van der Waals surface area (Å²) in [5.41, 5.74) is 8.59. The fourth-order valence-electron chi connectivity index (χ4n) is 8.39. The average molecular weight is 1710 g/mol. The second-order valence-corrected chi connectivity index (χ2v) is 32.0. The molecule has 0 atom stereocenters. The van der Waals surface area contributed by atoms with E-state index in [1.165, 1.54) is 95.6 Å². The van der Waals surface area contributed by atoms with Crippen LogP contribution in [0.4, 0.5) is 11.4 Å². The zero-order valence-electron chi connectivity index (χ0n) is 64.6. The van der Waals surface area contributed by atoms with Gasteiger partial charge in [-0.1, -0.05) is 194 Å². The van der Waals surface area contributed by atoms with Crippen LogP contribution >= 0.6 is 105 Å². The molecule has 0 saturated carbocycles. The number of aromatic hydroxyl groups is 1. The summed E-state index contributed by atoms with van der Waals surface area (Å²) in [7, 11) is 1.58. The lowest BCUT2D eigenvalue weighted by Gasteiger charge is -2.18. The number of benzene rings is 6. The number of ketones is 1. The van der Waals surface area contributed by atoms with Gasteiger partial charge in [0.25, 0.3) is 0 Å². The number of Topliss-reactive ketones (excluding diaryl/α,β-unsaturated/α-hetero) is 1. The Hall–Kier alpha value is -10.5. The van der Waals surface area contributed by atoms with Crippen LogP contribution in [-0.4, -0.2) is 110 Å². The highest BCUT2D eigenvalue weighted by Crippen LogP contribution is 2.32. The third kappa shape index (κ3) is 41.4. The maximum absolute atomic E-state index is 11.3. The topological polar surface area (TPSA) is 237 Å². The zero-order valence-corrected chi connectivity index (χ0v) is 71.9. The maximum Gasteiger partial charge on any atom is 0.331 e. The van der Waals surface area contributed by atoms with Gasteiger partial charge in [0, 0.05) is 76.3 Å². The number of thioether (sulfide) groups is 7. The number of methoxy groups -OCH3 is 1. The minimum Gasteiger partial charge on any atom is -0.508 e. The zero-order chi connectivity index (χ0) is 83.1. The molecule has 0 bridgehead atoms. The number of phenolic OH excluding ortho intramolecular Hbond substituents is 1. The van der Waals surface area contributed by atoms with Gasteiger partial charge in [0.05, 0.1) is 63.4 Å². The van der Waals surface area contributed by atoms with Crippen LogP contribution in [0.5, 0.6) is 11.5 Å². The minimum absolute atomic E-state index is 0.0117. The summed E-state index contributed by atoms with van der Waals surface area (Å²) in [6, 6.07) is 49.4. The molecule has 1 aliphatic heterocycles. The molecule has 28 heteroatoms. The number of hydrogen-bond acceptors (Lipinski definition) is 26. The predicted octanol–water partition coefficient (Wildman–Crippen LogP) is 23.8. The van der Waals surface area contributed by atoms with Gasteiger partial charge >= 0.3 is 23.9 Å². The molecule has 1 N–H and O–H groups in total. The van der Waals surface area contributed by atoms with Crippen molar-refractivity contribution in [3.8, 4) is 11.5 Å². The normalized spacial score (nSPS) is 11.4. The maximum atomic E-state index is 11.3. The van der Waals surface area contributed by atoms with Crippen LogP contribution in [0.15, 0.2) is 279 Å². The summed E-state index contributed by atoms with van der Waals surface area (Å²) in [4.78, 5) is 89.1. The van der Waals surface area contributed by atoms with Crippen LogP contribution in [0, 0.1) is 13.1 Å². The van der Waals surface area contributed by atoms with E-state index in [1.807, 2.05) is 138 Å². The molecule has 5 heterocycles. The number of thiophene rings is 1. The van der Waals surface area contributed by atoms with Gasteiger partial charge in [-0.15, -0.1) is 11.3 Å². The van der Waals surface area contributed by atoms with Crippen molar-refractivity contribution in [2.24, 2.45) is 4.99 Å². The highest BCUT2D eigenvalue weighted by atomic mass is 32.2. The molecule has 10 aromatic rings. The van der Waals surface area contributed by atoms with Crippen molar-refractivity contribution in [3.63, 3.8) is 0 Å². The van der Waals surface area contributed by atoms with Crippen molar-refractivity contribution in [2.75, 3.05) is 45.8 Å². The second kappa shape index (κ2) is 56.7. The van der Waals surface area contributed by atoms with E-state index in [9.17, 15) is 29.1 Å². The van der Waals surface area contributed by atoms with Gasteiger partial charge in [-0.05, 0) is 196 Å². The van der Waals surface area contributed by atoms with Gasteiger partial charge in [-0.3, -0.25) is 9.79 Å². The van der Waals surface area contributed by atoms with E-state index < -0.39 is 0 Å². The van der Waals surface area contributed by atoms with Gasteiger partial charge in [-0.2, -0.15) is 11.3 Å². The standard InChI is InChI=1S/C15H20O2S.C13H9N3S.C13H14O3S.C13H12O2S.C12H10N2S2.C12H11NO2S2.C9H10N2O2S/c1-5-17-14(16)10-11-18-13-8-6-12(7-9-13)15(2,3)4;1-14-12-5-2-4-11(10-12)6-9-17-13-15-7-3-8-16-13;1-3-16-13(15)8-9-17-12-7-5-4-6-11(12)10(2)14;1-15-13-7-11(6-12(14)8-13)3-2-10-4-5-16-9-10;1-13-11-4-2-3-10(9-11)5-7-15-12-14-6-8-16-12;1-2-15-11(14)7-8-16-12-13-9-5-3-4-6-10(9)17-12;1-2-13-8(12)4-7-14-9-10-5-3-6-11-9/h6-11H,5H2,1-4H3;2-10H;4-9H,3H2,1-2H3;2-9,14H,1H3;2-5,7,9H,6,8H2;3-8H,2H2,1H3;3-7H,2H2,1H3/b11-10-;9-6+;9-8-;3-2+;7-5+;8-7-;7-4-. The summed E-state index contributed by atoms with van der Waals surface area (Å²) in [5, 5.41) is 25.5. The monoisotopic (exact) mass is 1710 g/mol. The number of rotatable bonds is 25. The first kappa shape index (κ1) is 95.1. The fourth-order valence-corrected chi connectivity index (χ4v) is 15.1. The molecule has 6 aromatic carbocycles. The first-order valence-corrected chi connectivity index (χ1v) is 43.2. The number of ether oxygens (including phenoxy) is 5. The van der Waals surface area contributed by atoms with Crippen LogP contribution in [0.25, 0.3) is 44.2 Å². The molecule has 0 unspecified atom stereocenters. The smallest absolute Gasteiger partial charge is 0.331 e. The molecule has 0 amide bonds. The van der Waals surface area contributed by atoms with E-state index in [0.29, 0.717) is 59.4 Å². The molecule has 11 rings (SSSR count). The molecule has 1 aliphatic rings. The number of thiazole rings is 1. The van der Waals surface area contributed by atoms with E-state index in [0.717, 1.165) is 63.3 Å². The number of para-hydroxylation sites is 1. The van der Waals surface area contributed by atoms with Crippen molar-refractivity contribution in [3.05, 3.63) is 306 Å². The van der Waals surface area contributed by atoms with Crippen LogP contribution in [0.3, 0.4) is 0 Å². The number of nitrogens with zero attached hydrogens (tertiary/aromatic N) is 8. The minimum atomic E-state index is -0.375. The van der Waals surface area contributed by atoms with Crippen molar-refractivity contribution < 1.29 is 52.8 Å². The third-order valence-corrected chi connectivity index (χ3v) is 21.4. The van der Waals surface area contributed by atoms with E-state index in [1.54, 1.807) is 164 Å². The molecule has 0 fully saturated rings. The second-order valence-electron chi connectivity index (χ2n) is 23.1. The lowest BCUT2D eigenvalue weighted by molar-refractivity contribution is -0.138. The number of carbonyl (C=O) groups is 5. The number of fused-ring (bicyclic) bond motifs is 1. The number of hydrogen-bond donors (Lipinski definition) is 1. The lowest BCUT2D eigenvalue weighted by Crippen LogP contribution is -2.10. The number of esters is 4. The Bertz CT molecular complexity index is 4950. The molecule has 0 spiro atoms. The summed E-state index contributed by atoms with van der Waals surface area (Å²) in [5.74, 6) is 0.643. The molecule has 0 radical (unpaired) electrons. The SMILES string of the molecule is CCOC(=O)/C=C\Sc1ccc(C(C)(C)C)cc1.CCOC(=O)/C=C\Sc1ccccc1C(C)=O.CCOC(=O)/C=C\Sc1nc2ccccc2s1.CCOC(=O)/C=C\Sc1ncccn1.COc1cc(O)cc(/C=C/c2ccsc2)c1.[C-]#[N+]c1cccc(/C=C/SC2=NCCS2)c1.[C-]#[N+]c1cccc(/C=C/Sc2ncccn2)c1. The quantitative estimate of drug-likeness (QED) is 0.0106. The largest absolute Gasteiger partial charge is 0.508 e. The molecular weight excluding hydrogens is 1620 g/mol. The van der Waals surface area contributed by atoms with Crippen molar-refractivity contribution >= 4 is 185 Å². The lowest BCUT2D eigenvalue weighted by atomic mass is 9.87. The highest BCUT2D eigenvalue weighted by Gasteiger charge is 2.13. The van der Waals surface area contributed by atoms with Gasteiger partial charge in [0.1, 0.15) is 15.9 Å². The molecule has 4 aromatic heterocycles. The van der Waals surface area contributed by atoms with Crippen LogP contribution in [0.1, 0.15) is 93.6 Å². The number of phenols is 1. The Labute approximate surface area is 710 Å². The first-order chi connectivity index (χ1) is 55.7. The van der Waals surface area contributed by atoms with E-state index >= 15 is 0 Å².